The van der Waals surface area contributed by atoms with Gasteiger partial charge >= 0.3 is 0 Å². The second-order valence-corrected chi connectivity index (χ2v) is 7.07. The first-order valence-corrected chi connectivity index (χ1v) is 9.24. The number of methoxy groups -OCH3 is 1. The third-order valence-electron chi connectivity index (χ3n) is 4.76. The largest absolute Gasteiger partial charge is 0.504 e. The van der Waals surface area contributed by atoms with Gasteiger partial charge < -0.3 is 15.2 Å². The van der Waals surface area contributed by atoms with Gasteiger partial charge in [0, 0.05) is 22.5 Å². The van der Waals surface area contributed by atoms with Crippen LogP contribution in [0.3, 0.4) is 0 Å². The van der Waals surface area contributed by atoms with Crippen molar-refractivity contribution in [2.24, 2.45) is 0 Å². The van der Waals surface area contributed by atoms with Gasteiger partial charge in [0.25, 0.3) is 0 Å². The van der Waals surface area contributed by atoms with Crippen molar-refractivity contribution in [2.75, 3.05) is 12.4 Å². The first-order valence-electron chi connectivity index (χ1n) is 8.86. The zero-order valence-electron chi connectivity index (χ0n) is 15.8. The molecule has 4 rings (SSSR count). The maximum absolute atomic E-state index is 9.95. The Hall–Kier alpha value is -3.18. The number of imidazole rings is 1. The molecule has 0 radical (unpaired) electrons. The van der Waals surface area contributed by atoms with Crippen molar-refractivity contribution < 1.29 is 9.84 Å². The van der Waals surface area contributed by atoms with Gasteiger partial charge in [-0.05, 0) is 67.4 Å². The van der Waals surface area contributed by atoms with Crippen LogP contribution in [0.4, 0.5) is 11.5 Å². The van der Waals surface area contributed by atoms with E-state index < -0.39 is 0 Å². The first kappa shape index (κ1) is 18.2. The van der Waals surface area contributed by atoms with E-state index in [9.17, 15) is 5.11 Å². The van der Waals surface area contributed by atoms with Crippen LogP contribution in [-0.2, 0) is 0 Å². The number of phenols is 1. The van der Waals surface area contributed by atoms with Crippen LogP contribution in [0.15, 0.2) is 54.7 Å². The van der Waals surface area contributed by atoms with Crippen LogP contribution in [0.25, 0.3) is 16.9 Å². The van der Waals surface area contributed by atoms with Crippen LogP contribution in [0.2, 0.25) is 5.02 Å². The Bertz CT molecular complexity index is 1180. The highest BCUT2D eigenvalue weighted by molar-refractivity contribution is 6.31. The fourth-order valence-electron chi connectivity index (χ4n) is 3.16. The molecular weight excluding hydrogens is 374 g/mol. The Morgan fingerprint density at radius 1 is 1.11 bits per heavy atom. The first-order chi connectivity index (χ1) is 13.5. The van der Waals surface area contributed by atoms with Crippen LogP contribution < -0.4 is 10.1 Å². The van der Waals surface area contributed by atoms with E-state index >= 15 is 0 Å². The van der Waals surface area contributed by atoms with E-state index in [4.69, 9.17) is 21.3 Å². The molecule has 0 saturated heterocycles. The number of pyridine rings is 1. The summed E-state index contributed by atoms with van der Waals surface area (Å²) in [7, 11) is 1.53. The number of nitrogens with one attached hydrogen (secondary N) is 1. The molecule has 0 bridgehead atoms. The van der Waals surface area contributed by atoms with Crippen molar-refractivity contribution in [1.82, 2.24) is 9.38 Å². The molecule has 0 amide bonds. The van der Waals surface area contributed by atoms with Crippen molar-refractivity contribution in [1.29, 1.82) is 0 Å². The number of hydrogen-bond acceptors (Lipinski definition) is 4. The highest BCUT2D eigenvalue weighted by Crippen LogP contribution is 2.37. The number of phenolic OH excluding ortho intramolecular Hbond substituents is 1. The summed E-state index contributed by atoms with van der Waals surface area (Å²) in [5.74, 6) is 1.30. The molecule has 2 heterocycles. The predicted octanol–water partition coefficient (Wildman–Crippen LogP) is 5.73. The Morgan fingerprint density at radius 2 is 1.93 bits per heavy atom. The molecule has 0 fully saturated rings. The molecule has 4 aromatic rings. The van der Waals surface area contributed by atoms with Crippen molar-refractivity contribution in [3.63, 3.8) is 0 Å². The maximum Gasteiger partial charge on any atom is 0.161 e. The standard InChI is InChI=1S/C22H20ClN3O2/c1-13-9-10-26-20(11-13)25-21(15-7-8-18(27)19(12-15)28-3)22(26)24-17-6-4-5-16(23)14(17)2/h4-12,24,27H,1-3H3. The number of halogens is 1. The van der Waals surface area contributed by atoms with Gasteiger partial charge in [0.15, 0.2) is 11.5 Å². The van der Waals surface area contributed by atoms with Crippen molar-refractivity contribution in [2.45, 2.75) is 13.8 Å². The number of hydrogen-bond donors (Lipinski definition) is 2. The lowest BCUT2D eigenvalue weighted by atomic mass is 10.1. The molecular formula is C22H20ClN3O2. The molecule has 142 valence electrons. The smallest absolute Gasteiger partial charge is 0.161 e. The number of rotatable bonds is 4. The quantitative estimate of drug-likeness (QED) is 0.465. The summed E-state index contributed by atoms with van der Waals surface area (Å²) in [6, 6.07) is 15.0. The molecule has 28 heavy (non-hydrogen) atoms. The summed E-state index contributed by atoms with van der Waals surface area (Å²) in [6.45, 7) is 4.01. The third-order valence-corrected chi connectivity index (χ3v) is 5.17. The van der Waals surface area contributed by atoms with E-state index in [-0.39, 0.29) is 5.75 Å². The van der Waals surface area contributed by atoms with Gasteiger partial charge in [-0.1, -0.05) is 17.7 Å². The minimum Gasteiger partial charge on any atom is -0.504 e. The number of aryl methyl sites for hydroxylation is 1. The lowest BCUT2D eigenvalue weighted by molar-refractivity contribution is 0.373. The highest BCUT2D eigenvalue weighted by Gasteiger charge is 2.17. The van der Waals surface area contributed by atoms with Crippen LogP contribution >= 0.6 is 11.6 Å². The van der Waals surface area contributed by atoms with Crippen LogP contribution in [0, 0.1) is 13.8 Å². The summed E-state index contributed by atoms with van der Waals surface area (Å²) in [6.07, 6.45) is 1.99. The summed E-state index contributed by atoms with van der Waals surface area (Å²) in [5.41, 5.74) is 5.39. The van der Waals surface area contributed by atoms with E-state index in [2.05, 4.69) is 5.32 Å². The van der Waals surface area contributed by atoms with Crippen LogP contribution in [0.5, 0.6) is 11.5 Å². The minimum atomic E-state index is 0.0889. The molecule has 2 aromatic heterocycles. The normalized spacial score (nSPS) is 11.0. The fraction of sp³-hybridized carbons (Fsp3) is 0.136. The number of nitrogens with zero attached hydrogens (tertiary/aromatic N) is 2. The Kier molecular flexibility index (Phi) is 4.61. The van der Waals surface area contributed by atoms with Crippen molar-refractivity contribution in [3.05, 3.63) is 70.9 Å². The second-order valence-electron chi connectivity index (χ2n) is 6.67. The van der Waals surface area contributed by atoms with Gasteiger partial charge in [-0.25, -0.2) is 4.98 Å². The predicted molar refractivity (Wildman–Crippen MR) is 113 cm³/mol. The summed E-state index contributed by atoms with van der Waals surface area (Å²) in [4.78, 5) is 4.83. The molecule has 0 aliphatic rings. The third kappa shape index (κ3) is 3.14. The Balaban J connectivity index is 1.93. The lowest BCUT2D eigenvalue weighted by Gasteiger charge is -2.13. The molecule has 0 aliphatic heterocycles. The number of aromatic hydroxyl groups is 1. The van der Waals surface area contributed by atoms with E-state index in [1.165, 1.54) is 7.11 Å². The number of benzene rings is 2. The van der Waals surface area contributed by atoms with Crippen LogP contribution in [-0.4, -0.2) is 21.6 Å². The van der Waals surface area contributed by atoms with E-state index in [1.807, 2.05) is 60.8 Å². The van der Waals surface area contributed by atoms with Crippen molar-refractivity contribution >= 4 is 28.8 Å². The second kappa shape index (κ2) is 7.09. The monoisotopic (exact) mass is 393 g/mol. The molecule has 2 N–H and O–H groups in total. The SMILES string of the molecule is COc1cc(-c2nc3cc(C)ccn3c2Nc2cccc(Cl)c2C)ccc1O. The van der Waals surface area contributed by atoms with E-state index in [0.29, 0.717) is 10.8 Å². The van der Waals surface area contributed by atoms with E-state index in [1.54, 1.807) is 12.1 Å². The molecule has 0 atom stereocenters. The van der Waals surface area contributed by atoms with Gasteiger partial charge in [0.2, 0.25) is 0 Å². The zero-order chi connectivity index (χ0) is 19.8. The summed E-state index contributed by atoms with van der Waals surface area (Å²) < 4.78 is 7.27. The molecule has 0 spiro atoms. The average molecular weight is 394 g/mol. The molecule has 0 aliphatic carbocycles. The van der Waals surface area contributed by atoms with Crippen LogP contribution in [0.1, 0.15) is 11.1 Å². The average Bonchev–Trinajstić information content (AvgIpc) is 3.03. The topological polar surface area (TPSA) is 58.8 Å². The number of aromatic nitrogens is 2. The number of fused-ring (bicyclic) bond motifs is 1. The highest BCUT2D eigenvalue weighted by atomic mass is 35.5. The molecule has 0 saturated carbocycles. The zero-order valence-corrected chi connectivity index (χ0v) is 16.6. The lowest BCUT2D eigenvalue weighted by Crippen LogP contribution is -1.99. The minimum absolute atomic E-state index is 0.0889. The molecule has 2 aromatic carbocycles. The van der Waals surface area contributed by atoms with Gasteiger partial charge in [0.05, 0.1) is 7.11 Å². The number of ether oxygens (including phenoxy) is 1. The fourth-order valence-corrected chi connectivity index (χ4v) is 3.34. The Labute approximate surface area is 168 Å². The van der Waals surface area contributed by atoms with Gasteiger partial charge in [-0.15, -0.1) is 0 Å². The van der Waals surface area contributed by atoms with Crippen molar-refractivity contribution in [3.8, 4) is 22.8 Å². The van der Waals surface area contributed by atoms with Gasteiger partial charge in [0.1, 0.15) is 17.2 Å². The molecule has 0 unspecified atom stereocenters. The van der Waals surface area contributed by atoms with Gasteiger partial charge in [-0.3, -0.25) is 4.40 Å². The number of anilines is 2. The molecule has 5 nitrogen and oxygen atoms in total. The Morgan fingerprint density at radius 3 is 2.71 bits per heavy atom. The van der Waals surface area contributed by atoms with E-state index in [0.717, 1.165) is 39.5 Å². The maximum atomic E-state index is 9.95. The van der Waals surface area contributed by atoms with Gasteiger partial charge in [-0.2, -0.15) is 0 Å². The summed E-state index contributed by atoms with van der Waals surface area (Å²) in [5, 5.41) is 14.1. The molecule has 6 heteroatoms. The summed E-state index contributed by atoms with van der Waals surface area (Å²) >= 11 is 6.30.